The van der Waals surface area contributed by atoms with Crippen molar-refractivity contribution in [1.82, 2.24) is 19.2 Å². The Labute approximate surface area is 146 Å². The molecule has 0 amide bonds. The quantitative estimate of drug-likeness (QED) is 0.529. The lowest BCUT2D eigenvalue weighted by Gasteiger charge is -2.06. The minimum Gasteiger partial charge on any atom is -0.280 e. The predicted octanol–water partition coefficient (Wildman–Crippen LogP) is 3.31. The average molecular weight is 352 g/mol. The fourth-order valence-electron chi connectivity index (χ4n) is 2.49. The van der Waals surface area contributed by atoms with Gasteiger partial charge < -0.3 is 0 Å². The number of aromatic nitrogens is 4. The van der Waals surface area contributed by atoms with Crippen LogP contribution in [-0.4, -0.2) is 19.2 Å². The molecule has 0 atom stereocenters. The van der Waals surface area contributed by atoms with Gasteiger partial charge in [0.25, 0.3) is 0 Å². The first-order valence-electron chi connectivity index (χ1n) is 7.61. The molecule has 4 rings (SSSR count). The van der Waals surface area contributed by atoms with Crippen LogP contribution in [0.1, 0.15) is 5.56 Å². The van der Waals surface area contributed by atoms with E-state index in [1.165, 1.54) is 34.0 Å². The number of fused-ring (bicyclic) bond motifs is 1. The molecule has 25 heavy (non-hydrogen) atoms. The molecule has 124 valence electrons. The van der Waals surface area contributed by atoms with Gasteiger partial charge in [-0.1, -0.05) is 42.1 Å². The topological polar surface area (TPSA) is 52.2 Å². The Balaban J connectivity index is 1.67. The lowest BCUT2D eigenvalue weighted by molar-refractivity contribution is 0.627. The average Bonchev–Trinajstić information content (AvgIpc) is 3.06. The number of hydrogen-bond acceptors (Lipinski definition) is 4. The second kappa shape index (κ2) is 6.52. The number of thioether (sulfide) groups is 1. The third-order valence-electron chi connectivity index (χ3n) is 3.75. The van der Waals surface area contributed by atoms with E-state index in [1.807, 2.05) is 30.3 Å². The Morgan fingerprint density at radius 1 is 0.960 bits per heavy atom. The minimum atomic E-state index is -0.347. The second-order valence-corrected chi connectivity index (χ2v) is 6.34. The zero-order valence-electron chi connectivity index (χ0n) is 13.0. The molecule has 0 aliphatic heterocycles. The summed E-state index contributed by atoms with van der Waals surface area (Å²) in [6.45, 7) is 0. The first-order chi connectivity index (χ1) is 12.2. The molecule has 0 N–H and O–H groups in total. The summed E-state index contributed by atoms with van der Waals surface area (Å²) in [7, 11) is 0. The van der Waals surface area contributed by atoms with Gasteiger partial charge in [-0.05, 0) is 29.8 Å². The highest BCUT2D eigenvalue weighted by Crippen LogP contribution is 2.21. The van der Waals surface area contributed by atoms with E-state index in [4.69, 9.17) is 0 Å². The third-order valence-corrected chi connectivity index (χ3v) is 4.77. The van der Waals surface area contributed by atoms with Crippen molar-refractivity contribution in [3.8, 4) is 5.69 Å². The molecule has 5 nitrogen and oxygen atoms in total. The van der Waals surface area contributed by atoms with Gasteiger partial charge in [0.2, 0.25) is 5.65 Å². The third kappa shape index (κ3) is 3.06. The van der Waals surface area contributed by atoms with Gasteiger partial charge in [-0.25, -0.2) is 4.39 Å². The van der Waals surface area contributed by atoms with Gasteiger partial charge in [-0.15, -0.1) is 10.2 Å². The van der Waals surface area contributed by atoms with Crippen molar-refractivity contribution in [2.75, 3.05) is 0 Å². The van der Waals surface area contributed by atoms with E-state index in [-0.39, 0.29) is 17.0 Å². The van der Waals surface area contributed by atoms with Gasteiger partial charge in [0.05, 0.1) is 0 Å². The number of rotatable bonds is 4. The largest absolute Gasteiger partial charge is 0.300 e. The molecule has 0 fully saturated rings. The van der Waals surface area contributed by atoms with E-state index in [0.717, 1.165) is 5.75 Å². The van der Waals surface area contributed by atoms with E-state index in [2.05, 4.69) is 10.2 Å². The predicted molar refractivity (Wildman–Crippen MR) is 94.5 cm³/mol. The molecule has 0 saturated carbocycles. The van der Waals surface area contributed by atoms with Crippen molar-refractivity contribution in [3.05, 3.63) is 88.7 Å². The maximum absolute atomic E-state index is 13.1. The summed E-state index contributed by atoms with van der Waals surface area (Å²) in [6.07, 6.45) is 3.38. The summed E-state index contributed by atoms with van der Waals surface area (Å²) in [4.78, 5) is 12.6. The molecule has 0 spiro atoms. The van der Waals surface area contributed by atoms with E-state index < -0.39 is 0 Å². The van der Waals surface area contributed by atoms with Crippen LogP contribution in [0.3, 0.4) is 0 Å². The number of hydrogen-bond donors (Lipinski definition) is 0. The molecule has 2 heterocycles. The van der Waals surface area contributed by atoms with Crippen LogP contribution in [0, 0.1) is 5.82 Å². The van der Waals surface area contributed by atoms with E-state index in [0.29, 0.717) is 10.8 Å². The van der Waals surface area contributed by atoms with Crippen molar-refractivity contribution in [2.24, 2.45) is 0 Å². The number of halogens is 1. The van der Waals surface area contributed by atoms with Crippen LogP contribution in [0.15, 0.2) is 76.9 Å². The molecular weight excluding hydrogens is 339 g/mol. The zero-order valence-corrected chi connectivity index (χ0v) is 13.9. The molecular formula is C18H13FN4OS. The summed E-state index contributed by atoms with van der Waals surface area (Å²) in [6, 6.07) is 15.8. The van der Waals surface area contributed by atoms with Gasteiger partial charge in [-0.2, -0.15) is 0 Å². The molecule has 0 radical (unpaired) electrons. The summed E-state index contributed by atoms with van der Waals surface area (Å²) in [5.74, 6) is 0.392. The first kappa shape index (κ1) is 15.6. The van der Waals surface area contributed by atoms with Crippen molar-refractivity contribution >= 4 is 17.4 Å². The Kier molecular flexibility index (Phi) is 4.07. The molecule has 2 aromatic carbocycles. The summed E-state index contributed by atoms with van der Waals surface area (Å²) >= 11 is 1.51. The Hall–Kier alpha value is -2.93. The molecule has 4 aromatic rings. The van der Waals surface area contributed by atoms with E-state index in [1.54, 1.807) is 28.9 Å². The van der Waals surface area contributed by atoms with Crippen LogP contribution in [0.5, 0.6) is 0 Å². The highest BCUT2D eigenvalue weighted by Gasteiger charge is 2.12. The van der Waals surface area contributed by atoms with Crippen LogP contribution in [0.2, 0.25) is 0 Å². The monoisotopic (exact) mass is 352 g/mol. The minimum absolute atomic E-state index is 0.238. The molecule has 0 aliphatic carbocycles. The number of benzene rings is 2. The molecule has 0 aliphatic rings. The van der Waals surface area contributed by atoms with Gasteiger partial charge in [-0.3, -0.25) is 13.8 Å². The highest BCUT2D eigenvalue weighted by atomic mass is 32.2. The van der Waals surface area contributed by atoms with Gasteiger partial charge in [0, 0.05) is 23.8 Å². The highest BCUT2D eigenvalue weighted by molar-refractivity contribution is 7.98. The summed E-state index contributed by atoms with van der Waals surface area (Å²) < 4.78 is 16.2. The van der Waals surface area contributed by atoms with Crippen molar-refractivity contribution < 1.29 is 4.39 Å². The van der Waals surface area contributed by atoms with Crippen molar-refractivity contribution in [1.29, 1.82) is 0 Å². The molecule has 0 saturated heterocycles. The van der Waals surface area contributed by atoms with Gasteiger partial charge in [0.1, 0.15) is 5.82 Å². The van der Waals surface area contributed by atoms with Crippen LogP contribution < -0.4 is 5.56 Å². The summed E-state index contributed by atoms with van der Waals surface area (Å²) in [5, 5.41) is 8.80. The smallest absolute Gasteiger partial charge is 0.280 e. The van der Waals surface area contributed by atoms with E-state index >= 15 is 0 Å². The normalized spacial score (nSPS) is 11.1. The Morgan fingerprint density at radius 2 is 1.72 bits per heavy atom. The maximum Gasteiger partial charge on any atom is 0.300 e. The molecule has 0 unspecified atom stereocenters. The van der Waals surface area contributed by atoms with Crippen LogP contribution in [0.25, 0.3) is 11.3 Å². The Morgan fingerprint density at radius 3 is 2.48 bits per heavy atom. The second-order valence-electron chi connectivity index (χ2n) is 5.40. The first-order valence-corrected chi connectivity index (χ1v) is 8.60. The SMILES string of the molecule is O=c1c2nnc(SCc3ccccc3)n2ccn1-c1ccc(F)cc1. The number of nitrogens with zero attached hydrogens (tertiary/aromatic N) is 4. The lowest BCUT2D eigenvalue weighted by Crippen LogP contribution is -2.20. The fourth-order valence-corrected chi connectivity index (χ4v) is 3.36. The zero-order chi connectivity index (χ0) is 17.2. The van der Waals surface area contributed by atoms with Crippen LogP contribution >= 0.6 is 11.8 Å². The summed E-state index contributed by atoms with van der Waals surface area (Å²) in [5.41, 5.74) is 1.69. The van der Waals surface area contributed by atoms with Crippen LogP contribution in [0.4, 0.5) is 4.39 Å². The maximum atomic E-state index is 13.1. The van der Waals surface area contributed by atoms with Crippen molar-refractivity contribution in [2.45, 2.75) is 10.9 Å². The molecule has 2 aromatic heterocycles. The molecule has 0 bridgehead atoms. The van der Waals surface area contributed by atoms with Gasteiger partial charge in [0.15, 0.2) is 5.16 Å². The molecule has 7 heteroatoms. The lowest BCUT2D eigenvalue weighted by atomic mass is 10.2. The fraction of sp³-hybridized carbons (Fsp3) is 0.0556. The van der Waals surface area contributed by atoms with E-state index in [9.17, 15) is 9.18 Å². The Bertz CT molecular complexity index is 1070. The van der Waals surface area contributed by atoms with Gasteiger partial charge >= 0.3 is 5.56 Å². The van der Waals surface area contributed by atoms with Crippen molar-refractivity contribution in [3.63, 3.8) is 0 Å². The van der Waals surface area contributed by atoms with Crippen LogP contribution in [-0.2, 0) is 5.75 Å². The standard InChI is InChI=1S/C18H13FN4OS/c19-14-6-8-15(9-7-14)22-10-11-23-16(17(22)24)20-21-18(23)25-12-13-4-2-1-3-5-13/h1-11H,12H2.